The van der Waals surface area contributed by atoms with E-state index in [-0.39, 0.29) is 0 Å². The monoisotopic (exact) mass is 335 g/mol. The topological polar surface area (TPSA) is 47.0 Å². The molecule has 2 rings (SSSR count). The maximum absolute atomic E-state index is 5.64. The van der Waals surface area contributed by atoms with Crippen LogP contribution in [0.3, 0.4) is 0 Å². The molecule has 1 aromatic heterocycles. The highest BCUT2D eigenvalue weighted by Crippen LogP contribution is 2.13. The molecule has 0 fully saturated rings. The van der Waals surface area contributed by atoms with Gasteiger partial charge in [-0.05, 0) is 24.1 Å². The fourth-order valence-corrected chi connectivity index (χ4v) is 2.12. The third-order valence-electron chi connectivity index (χ3n) is 2.67. The fourth-order valence-electron chi connectivity index (χ4n) is 1.67. The van der Waals surface area contributed by atoms with Gasteiger partial charge < -0.3 is 10.1 Å². The second kappa shape index (κ2) is 7.97. The van der Waals surface area contributed by atoms with Crippen molar-refractivity contribution < 1.29 is 4.74 Å². The maximum Gasteiger partial charge on any atom is 0.144 e. The molecule has 0 aliphatic carbocycles. The Morgan fingerprint density at radius 2 is 2.10 bits per heavy atom. The lowest BCUT2D eigenvalue weighted by Gasteiger charge is -2.06. The van der Waals surface area contributed by atoms with Crippen LogP contribution in [0.4, 0.5) is 5.82 Å². The second-order valence-corrected chi connectivity index (χ2v) is 5.36. The summed E-state index contributed by atoms with van der Waals surface area (Å²) in [5.41, 5.74) is 1.97. The Morgan fingerprint density at radius 1 is 1.20 bits per heavy atom. The van der Waals surface area contributed by atoms with Crippen LogP contribution in [0.25, 0.3) is 0 Å². The van der Waals surface area contributed by atoms with Crippen LogP contribution in [0.15, 0.2) is 41.1 Å². The molecule has 20 heavy (non-hydrogen) atoms. The zero-order valence-electron chi connectivity index (χ0n) is 11.5. The number of aromatic nitrogens is 2. The van der Waals surface area contributed by atoms with Gasteiger partial charge in [-0.15, -0.1) is 0 Å². The van der Waals surface area contributed by atoms with Gasteiger partial charge in [-0.3, -0.25) is 4.98 Å². The van der Waals surface area contributed by atoms with Gasteiger partial charge >= 0.3 is 0 Å². The van der Waals surface area contributed by atoms with Crippen LogP contribution in [-0.4, -0.2) is 16.5 Å². The smallest absolute Gasteiger partial charge is 0.144 e. The summed E-state index contributed by atoms with van der Waals surface area (Å²) in [6.07, 6.45) is 4.56. The molecule has 0 aliphatic rings. The molecule has 0 aliphatic heterocycles. The summed E-state index contributed by atoms with van der Waals surface area (Å²) in [7, 11) is 0. The highest BCUT2D eigenvalue weighted by molar-refractivity contribution is 9.10. The first-order valence-electron chi connectivity index (χ1n) is 6.65. The van der Waals surface area contributed by atoms with E-state index < -0.39 is 0 Å². The van der Waals surface area contributed by atoms with Gasteiger partial charge in [0.05, 0.1) is 31.3 Å². The van der Waals surface area contributed by atoms with Gasteiger partial charge in [0.25, 0.3) is 0 Å². The summed E-state index contributed by atoms with van der Waals surface area (Å²) >= 11 is 3.44. The Hall–Kier alpha value is -1.46. The highest BCUT2D eigenvalue weighted by atomic mass is 79.9. The quantitative estimate of drug-likeness (QED) is 0.836. The highest BCUT2D eigenvalue weighted by Gasteiger charge is 1.99. The van der Waals surface area contributed by atoms with Crippen molar-refractivity contribution in [2.24, 2.45) is 0 Å². The van der Waals surface area contributed by atoms with E-state index in [9.17, 15) is 0 Å². The lowest BCUT2D eigenvalue weighted by Crippen LogP contribution is -2.04. The molecule has 0 spiro atoms. The van der Waals surface area contributed by atoms with E-state index in [1.54, 1.807) is 12.4 Å². The van der Waals surface area contributed by atoms with Crippen molar-refractivity contribution in [1.29, 1.82) is 0 Å². The molecule has 4 nitrogen and oxygen atoms in total. The Kier molecular flexibility index (Phi) is 5.95. The van der Waals surface area contributed by atoms with Gasteiger partial charge in [0.15, 0.2) is 0 Å². The van der Waals surface area contributed by atoms with Crippen LogP contribution in [0.5, 0.6) is 0 Å². The van der Waals surface area contributed by atoms with Gasteiger partial charge in [-0.1, -0.05) is 35.0 Å². The predicted molar refractivity (Wildman–Crippen MR) is 83.4 cm³/mol. The number of benzene rings is 1. The Balaban J connectivity index is 1.79. The van der Waals surface area contributed by atoms with Crippen molar-refractivity contribution in [2.75, 3.05) is 11.9 Å². The first-order valence-corrected chi connectivity index (χ1v) is 7.44. The van der Waals surface area contributed by atoms with E-state index in [1.807, 2.05) is 24.3 Å². The molecule has 106 valence electrons. The average molecular weight is 336 g/mol. The summed E-state index contributed by atoms with van der Waals surface area (Å²) < 4.78 is 6.70. The number of nitrogens with zero attached hydrogens (tertiary/aromatic N) is 2. The third-order valence-corrected chi connectivity index (χ3v) is 3.16. The van der Waals surface area contributed by atoms with Crippen LogP contribution in [0.2, 0.25) is 0 Å². The minimum absolute atomic E-state index is 0.466. The van der Waals surface area contributed by atoms with E-state index >= 15 is 0 Å². The zero-order valence-corrected chi connectivity index (χ0v) is 13.1. The average Bonchev–Trinajstić information content (AvgIpc) is 2.46. The van der Waals surface area contributed by atoms with Crippen LogP contribution < -0.4 is 5.32 Å². The van der Waals surface area contributed by atoms with Crippen LogP contribution in [0, 0.1) is 0 Å². The minimum atomic E-state index is 0.466. The minimum Gasteiger partial charge on any atom is -0.370 e. The molecule has 5 heteroatoms. The van der Waals surface area contributed by atoms with E-state index in [2.05, 4.69) is 38.1 Å². The zero-order chi connectivity index (χ0) is 14.2. The third kappa shape index (κ3) is 4.90. The number of ether oxygens (including phenoxy) is 1. The molecular weight excluding hydrogens is 318 g/mol. The Bertz CT molecular complexity index is 531. The van der Waals surface area contributed by atoms with Gasteiger partial charge in [0.1, 0.15) is 5.82 Å². The van der Waals surface area contributed by atoms with Crippen molar-refractivity contribution in [3.05, 3.63) is 52.4 Å². The molecule has 0 bridgehead atoms. The number of halogens is 1. The number of anilines is 1. The molecule has 0 saturated carbocycles. The first-order chi connectivity index (χ1) is 9.78. The molecule has 0 unspecified atom stereocenters. The van der Waals surface area contributed by atoms with Crippen LogP contribution >= 0.6 is 15.9 Å². The fraction of sp³-hybridized carbons (Fsp3) is 0.333. The van der Waals surface area contributed by atoms with Crippen LogP contribution in [-0.2, 0) is 18.0 Å². The molecule has 1 N–H and O–H groups in total. The molecule has 1 aromatic carbocycles. The summed E-state index contributed by atoms with van der Waals surface area (Å²) in [6.45, 7) is 4.06. The summed E-state index contributed by atoms with van der Waals surface area (Å²) in [4.78, 5) is 8.62. The van der Waals surface area contributed by atoms with E-state index in [4.69, 9.17) is 4.74 Å². The Labute approximate surface area is 127 Å². The first kappa shape index (κ1) is 14.9. The normalized spacial score (nSPS) is 10.5. The second-order valence-electron chi connectivity index (χ2n) is 4.44. The van der Waals surface area contributed by atoms with Gasteiger partial charge in [0, 0.05) is 11.0 Å². The maximum atomic E-state index is 5.64. The van der Waals surface area contributed by atoms with Crippen molar-refractivity contribution in [2.45, 2.75) is 26.6 Å². The summed E-state index contributed by atoms with van der Waals surface area (Å²) in [6, 6.07) is 8.07. The lowest BCUT2D eigenvalue weighted by molar-refractivity contribution is 0.104. The molecule has 0 atom stereocenters. The number of nitrogens with one attached hydrogen (secondary N) is 1. The standard InChI is InChI=1S/C15H18BrN3O/c1-2-6-17-15-9-18-14(8-19-15)11-20-10-12-4-3-5-13(16)7-12/h3-5,7-9H,2,6,10-11H2,1H3,(H,17,19). The number of rotatable bonds is 7. The van der Waals surface area contributed by atoms with Crippen molar-refractivity contribution in [3.8, 4) is 0 Å². The number of hydrogen-bond acceptors (Lipinski definition) is 4. The lowest BCUT2D eigenvalue weighted by atomic mass is 10.2. The van der Waals surface area contributed by atoms with Gasteiger partial charge in [0.2, 0.25) is 0 Å². The Morgan fingerprint density at radius 3 is 2.80 bits per heavy atom. The van der Waals surface area contributed by atoms with Crippen molar-refractivity contribution in [1.82, 2.24) is 9.97 Å². The molecule has 0 radical (unpaired) electrons. The molecule has 1 heterocycles. The van der Waals surface area contributed by atoms with E-state index in [1.165, 1.54) is 0 Å². The van der Waals surface area contributed by atoms with E-state index in [0.29, 0.717) is 13.2 Å². The SMILES string of the molecule is CCCNc1cnc(COCc2cccc(Br)c2)cn1. The molecule has 2 aromatic rings. The number of hydrogen-bond donors (Lipinski definition) is 1. The summed E-state index contributed by atoms with van der Waals surface area (Å²) in [5.74, 6) is 0.808. The molecule has 0 saturated heterocycles. The molecule has 0 amide bonds. The van der Waals surface area contributed by atoms with Crippen molar-refractivity contribution in [3.63, 3.8) is 0 Å². The largest absolute Gasteiger partial charge is 0.370 e. The van der Waals surface area contributed by atoms with Gasteiger partial charge in [-0.2, -0.15) is 0 Å². The van der Waals surface area contributed by atoms with Crippen LogP contribution in [0.1, 0.15) is 24.6 Å². The molecular formula is C15H18BrN3O. The van der Waals surface area contributed by atoms with E-state index in [0.717, 1.165) is 34.5 Å². The van der Waals surface area contributed by atoms with Gasteiger partial charge in [-0.25, -0.2) is 4.98 Å². The predicted octanol–water partition coefficient (Wildman–Crippen LogP) is 3.78. The summed E-state index contributed by atoms with van der Waals surface area (Å²) in [5, 5.41) is 3.19. The van der Waals surface area contributed by atoms with Crippen molar-refractivity contribution >= 4 is 21.7 Å².